The molecule has 1 saturated heterocycles. The zero-order valence-corrected chi connectivity index (χ0v) is 20.8. The lowest BCUT2D eigenvalue weighted by atomic mass is 9.91. The lowest BCUT2D eigenvalue weighted by Crippen LogP contribution is -2.36. The number of ether oxygens (including phenoxy) is 1. The van der Waals surface area contributed by atoms with E-state index in [-0.39, 0.29) is 0 Å². The number of aromatic nitrogens is 6. The Kier molecular flexibility index (Phi) is 5.89. The molecule has 9 nitrogen and oxygen atoms in total. The molecule has 0 amide bonds. The molecule has 0 spiro atoms. The number of nitrogens with zero attached hydrogens (tertiary/aromatic N) is 7. The highest BCUT2D eigenvalue weighted by Crippen LogP contribution is 2.31. The van der Waals surface area contributed by atoms with E-state index in [1.807, 2.05) is 23.1 Å². The van der Waals surface area contributed by atoms with Gasteiger partial charge in [-0.1, -0.05) is 0 Å². The Hall–Kier alpha value is -3.04. The van der Waals surface area contributed by atoms with Gasteiger partial charge in [-0.05, 0) is 71.7 Å². The summed E-state index contributed by atoms with van der Waals surface area (Å²) in [6.07, 6.45) is 12.6. The van der Waals surface area contributed by atoms with Crippen molar-refractivity contribution in [2.24, 2.45) is 0 Å². The highest BCUT2D eigenvalue weighted by atomic mass is 16.5. The van der Waals surface area contributed by atoms with E-state index >= 15 is 0 Å². The van der Waals surface area contributed by atoms with Crippen LogP contribution in [0.15, 0.2) is 30.7 Å². The minimum absolute atomic E-state index is 0.404. The molecule has 0 atom stereocenters. The molecule has 184 valence electrons. The highest BCUT2D eigenvalue weighted by Gasteiger charge is 2.24. The first-order valence-electron chi connectivity index (χ1n) is 12.8. The van der Waals surface area contributed by atoms with Crippen molar-refractivity contribution < 1.29 is 4.74 Å². The molecule has 0 bridgehead atoms. The first-order valence-corrected chi connectivity index (χ1v) is 12.8. The SMILES string of the molecule is Cc1nc2ncc(-c3ccn4nc(N[C@H]5CC[C@@H](N(C)C)CC5)ncc34)cc2n1C1CCOCC1. The Bertz CT molecular complexity index is 1330. The normalized spacial score (nSPS) is 21.8. The predicted molar refractivity (Wildman–Crippen MR) is 137 cm³/mol. The summed E-state index contributed by atoms with van der Waals surface area (Å²) in [5.41, 5.74) is 4.99. The largest absolute Gasteiger partial charge is 0.381 e. The van der Waals surface area contributed by atoms with Crippen LogP contribution in [0.4, 0.5) is 5.95 Å². The number of rotatable bonds is 5. The van der Waals surface area contributed by atoms with Gasteiger partial charge >= 0.3 is 0 Å². The summed E-state index contributed by atoms with van der Waals surface area (Å²) >= 11 is 0. The number of pyridine rings is 1. The van der Waals surface area contributed by atoms with Crippen molar-refractivity contribution in [2.45, 2.75) is 63.6 Å². The summed E-state index contributed by atoms with van der Waals surface area (Å²) in [4.78, 5) is 16.4. The summed E-state index contributed by atoms with van der Waals surface area (Å²) in [6, 6.07) is 5.82. The lowest BCUT2D eigenvalue weighted by Gasteiger charge is -2.32. The van der Waals surface area contributed by atoms with Gasteiger partial charge in [-0.3, -0.25) is 0 Å². The first-order chi connectivity index (χ1) is 17.1. The number of fused-ring (bicyclic) bond motifs is 2. The van der Waals surface area contributed by atoms with Crippen LogP contribution in [0, 0.1) is 6.92 Å². The van der Waals surface area contributed by atoms with Crippen LogP contribution >= 0.6 is 0 Å². The zero-order valence-electron chi connectivity index (χ0n) is 20.8. The van der Waals surface area contributed by atoms with Crippen LogP contribution in [-0.2, 0) is 4.74 Å². The molecular weight excluding hydrogens is 440 g/mol. The minimum Gasteiger partial charge on any atom is -0.381 e. The Balaban J connectivity index is 1.26. The molecule has 4 aromatic rings. The fourth-order valence-corrected chi connectivity index (χ4v) is 5.77. The van der Waals surface area contributed by atoms with E-state index in [1.54, 1.807) is 0 Å². The average molecular weight is 475 g/mol. The van der Waals surface area contributed by atoms with Crippen LogP contribution in [-0.4, -0.2) is 73.4 Å². The molecule has 9 heteroatoms. The molecule has 4 aromatic heterocycles. The summed E-state index contributed by atoms with van der Waals surface area (Å²) in [6.45, 7) is 3.66. The van der Waals surface area contributed by atoms with Gasteiger partial charge in [0, 0.05) is 54.9 Å². The molecule has 6 rings (SSSR count). The summed E-state index contributed by atoms with van der Waals surface area (Å²) in [5, 5.41) is 8.32. The molecule has 2 aliphatic rings. The molecule has 35 heavy (non-hydrogen) atoms. The maximum absolute atomic E-state index is 5.58. The van der Waals surface area contributed by atoms with E-state index < -0.39 is 0 Å². The second kappa shape index (κ2) is 9.20. The van der Waals surface area contributed by atoms with Gasteiger partial charge in [-0.25, -0.2) is 19.5 Å². The standard InChI is InChI=1S/C26H34N8O/c1-17-29-25-23(34(17)21-9-12-35-13-10-21)14-18(15-27-25)22-8-11-33-24(22)16-28-26(31-33)30-19-4-6-20(7-5-19)32(2)3/h8,11,14-16,19-21H,4-7,9-10,12-13H2,1-3H3,(H,30,31)/t19-,20+. The molecule has 1 N–H and O–H groups in total. The molecule has 1 aliphatic carbocycles. The van der Waals surface area contributed by atoms with Gasteiger partial charge < -0.3 is 19.5 Å². The number of hydrogen-bond acceptors (Lipinski definition) is 7. The van der Waals surface area contributed by atoms with Crippen molar-refractivity contribution in [2.75, 3.05) is 32.6 Å². The van der Waals surface area contributed by atoms with Crippen molar-refractivity contribution in [3.63, 3.8) is 0 Å². The Morgan fingerprint density at radius 1 is 1.00 bits per heavy atom. The fraction of sp³-hybridized carbons (Fsp3) is 0.538. The number of hydrogen-bond donors (Lipinski definition) is 1. The smallest absolute Gasteiger partial charge is 0.241 e. The number of anilines is 1. The molecule has 2 fully saturated rings. The first kappa shape index (κ1) is 22.4. The Morgan fingerprint density at radius 3 is 2.57 bits per heavy atom. The third kappa shape index (κ3) is 4.27. The van der Waals surface area contributed by atoms with Gasteiger partial charge in [-0.15, -0.1) is 5.10 Å². The van der Waals surface area contributed by atoms with Crippen LogP contribution in [0.2, 0.25) is 0 Å². The van der Waals surface area contributed by atoms with Gasteiger partial charge in [0.1, 0.15) is 5.82 Å². The van der Waals surface area contributed by atoms with Crippen LogP contribution in [0.25, 0.3) is 27.8 Å². The molecule has 1 aliphatic heterocycles. The fourth-order valence-electron chi connectivity index (χ4n) is 5.77. The van der Waals surface area contributed by atoms with Crippen LogP contribution in [0.3, 0.4) is 0 Å². The van der Waals surface area contributed by atoms with Crippen LogP contribution in [0.5, 0.6) is 0 Å². The summed E-state index contributed by atoms with van der Waals surface area (Å²) in [5.74, 6) is 1.70. The number of aryl methyl sites for hydroxylation is 1. The highest BCUT2D eigenvalue weighted by molar-refractivity contribution is 5.85. The van der Waals surface area contributed by atoms with E-state index in [0.29, 0.717) is 24.1 Å². The van der Waals surface area contributed by atoms with Gasteiger partial charge in [-0.2, -0.15) is 0 Å². The van der Waals surface area contributed by atoms with Crippen LogP contribution < -0.4 is 5.32 Å². The zero-order chi connectivity index (χ0) is 23.9. The quantitative estimate of drug-likeness (QED) is 0.466. The van der Waals surface area contributed by atoms with Gasteiger partial charge in [0.2, 0.25) is 5.95 Å². The minimum atomic E-state index is 0.404. The van der Waals surface area contributed by atoms with Crippen molar-refractivity contribution >= 4 is 22.6 Å². The third-order valence-electron chi connectivity index (χ3n) is 7.77. The Labute approximate surface area is 205 Å². The van der Waals surface area contributed by atoms with E-state index in [9.17, 15) is 0 Å². The lowest BCUT2D eigenvalue weighted by molar-refractivity contribution is 0.0701. The monoisotopic (exact) mass is 474 g/mol. The van der Waals surface area contributed by atoms with Gasteiger partial charge in [0.05, 0.1) is 17.2 Å². The predicted octanol–water partition coefficient (Wildman–Crippen LogP) is 4.09. The maximum atomic E-state index is 5.58. The topological polar surface area (TPSA) is 85.4 Å². The van der Waals surface area contributed by atoms with Crippen molar-refractivity contribution in [3.05, 3.63) is 36.5 Å². The average Bonchev–Trinajstić information content (AvgIpc) is 3.44. The number of nitrogens with one attached hydrogen (secondary N) is 1. The summed E-state index contributed by atoms with van der Waals surface area (Å²) < 4.78 is 9.84. The van der Waals surface area contributed by atoms with Crippen molar-refractivity contribution in [1.29, 1.82) is 0 Å². The van der Waals surface area contributed by atoms with Crippen molar-refractivity contribution in [1.82, 2.24) is 34.0 Å². The molecular formula is C26H34N8O. The van der Waals surface area contributed by atoms with Gasteiger partial charge in [0.25, 0.3) is 0 Å². The molecule has 5 heterocycles. The number of imidazole rings is 1. The Morgan fingerprint density at radius 2 is 1.80 bits per heavy atom. The molecule has 0 unspecified atom stereocenters. The van der Waals surface area contributed by atoms with Gasteiger partial charge in [0.15, 0.2) is 5.65 Å². The van der Waals surface area contributed by atoms with E-state index in [2.05, 4.69) is 52.9 Å². The molecule has 0 radical (unpaired) electrons. The van der Waals surface area contributed by atoms with E-state index in [0.717, 1.165) is 72.5 Å². The van der Waals surface area contributed by atoms with E-state index in [4.69, 9.17) is 19.8 Å². The van der Waals surface area contributed by atoms with Crippen LogP contribution in [0.1, 0.15) is 50.4 Å². The van der Waals surface area contributed by atoms with E-state index in [1.165, 1.54) is 12.8 Å². The maximum Gasteiger partial charge on any atom is 0.241 e. The third-order valence-corrected chi connectivity index (χ3v) is 7.77. The second-order valence-corrected chi connectivity index (χ2v) is 10.2. The summed E-state index contributed by atoms with van der Waals surface area (Å²) in [7, 11) is 4.35. The molecule has 1 saturated carbocycles. The molecule has 0 aromatic carbocycles. The van der Waals surface area contributed by atoms with Crippen molar-refractivity contribution in [3.8, 4) is 11.1 Å². The second-order valence-electron chi connectivity index (χ2n) is 10.2.